The molecule has 0 rings (SSSR count). The van der Waals surface area contributed by atoms with Crippen LogP contribution >= 0.6 is 0 Å². The van der Waals surface area contributed by atoms with Gasteiger partial charge in [-0.1, -0.05) is 277 Å². The Hall–Kier alpha value is -2.52. The molecule has 0 saturated heterocycles. The lowest BCUT2D eigenvalue weighted by molar-refractivity contribution is -0.327. The monoisotopic (exact) mass is 1750 g/mol. The standard InChI is InChI=1S/2C7H13F3.2C6H8F6.2C6H11F3.4C6H14.C5H6F6.2C5H9F3/c1-3-4-5-6(2)7(8,9)10;1-2-3-4-5-6-7(8,9)10;1-4(6(10,11)12)2-3-5(7,8)9;1-2-3-4(5(7,8)9)6(10,11)12;1-3-4-5(2)6(7,8)9;1-2-3-4-5-6(7,8)9;2*1-5-6(2,3)4;1-5(2)6(3)4;1-4-6(3)5-2;1-3(2,4(6,7)8)5(9,10)11;1-4(2,3)5(6,7)8;1-3-4(2)5(6,7)8/h6H,3-5H2,1-2H3;2-6H2,1H3;2*4H,2-3H2,1H3;5H,3-4H2,1-2H3;2-5H2,1H3;2*5H2,1-4H3;5-6H,1-4H3;6H,4-5H2,1-3H3;1-2H3;1-3H3;4H,3H2,1-2H3/t6-;;4-;;5-;;;;;;;;/m0.0.0......../s1. The lowest BCUT2D eigenvalue weighted by Gasteiger charge is -2.29. The first kappa shape index (κ1) is 139. The molecule has 0 radical (unpaired) electrons. The molecule has 0 aromatic rings. The Morgan fingerprint density at radius 2 is 0.451 bits per heavy atom. The molecule has 0 heterocycles. The fraction of sp³-hybridized carbons (Fsp3) is 1.00. The Morgan fingerprint density at radius 1 is 0.221 bits per heavy atom. The van der Waals surface area contributed by atoms with Crippen molar-refractivity contribution in [3.8, 4) is 0 Å². The van der Waals surface area contributed by atoms with E-state index in [1.807, 2.05) is 20.8 Å². The number of alkyl halides is 36. The van der Waals surface area contributed by atoms with E-state index in [1.54, 1.807) is 6.92 Å². The van der Waals surface area contributed by atoms with Crippen molar-refractivity contribution in [1.82, 2.24) is 0 Å². The van der Waals surface area contributed by atoms with Crippen LogP contribution < -0.4 is 0 Å². The smallest absolute Gasteiger partial charge is 0.171 e. The van der Waals surface area contributed by atoms with Gasteiger partial charge < -0.3 is 0 Å². The molecular weight excluding hydrogens is 1610 g/mol. The van der Waals surface area contributed by atoms with Gasteiger partial charge in [-0.05, 0) is 87.4 Å². The van der Waals surface area contributed by atoms with Gasteiger partial charge in [-0.3, -0.25) is 0 Å². The highest BCUT2D eigenvalue weighted by molar-refractivity contribution is 4.84. The molecule has 0 aromatic carbocycles. The number of rotatable bonds is 20. The zero-order valence-corrected chi connectivity index (χ0v) is 72.5. The van der Waals surface area contributed by atoms with Crippen LogP contribution in [0.3, 0.4) is 0 Å². The third kappa shape index (κ3) is 114. The van der Waals surface area contributed by atoms with Gasteiger partial charge in [-0.25, -0.2) is 0 Å². The van der Waals surface area contributed by atoms with Crippen LogP contribution in [-0.4, -0.2) is 74.1 Å². The minimum atomic E-state index is -5.24. The van der Waals surface area contributed by atoms with Crippen molar-refractivity contribution in [2.45, 2.75) is 430 Å². The van der Waals surface area contributed by atoms with E-state index in [0.717, 1.165) is 71.1 Å². The van der Waals surface area contributed by atoms with Crippen molar-refractivity contribution in [3.63, 3.8) is 0 Å². The summed E-state index contributed by atoms with van der Waals surface area (Å²) in [6.45, 7) is 51.9. The van der Waals surface area contributed by atoms with E-state index in [-0.39, 0.29) is 52.4 Å². The van der Waals surface area contributed by atoms with Crippen molar-refractivity contribution in [3.05, 3.63) is 0 Å². The van der Waals surface area contributed by atoms with Crippen molar-refractivity contribution >= 4 is 0 Å². The highest BCUT2D eigenvalue weighted by atomic mass is 19.5. The van der Waals surface area contributed by atoms with Crippen molar-refractivity contribution in [2.24, 2.45) is 69.0 Å². The van der Waals surface area contributed by atoms with E-state index in [4.69, 9.17) is 0 Å². The molecule has 0 aromatic heterocycles. The summed E-state index contributed by atoms with van der Waals surface area (Å²) in [5, 5.41) is 0. The summed E-state index contributed by atoms with van der Waals surface area (Å²) in [6, 6.07) is 0. The van der Waals surface area contributed by atoms with Crippen LogP contribution in [0.15, 0.2) is 0 Å². The van der Waals surface area contributed by atoms with Gasteiger partial charge in [0.2, 0.25) is 0 Å². The summed E-state index contributed by atoms with van der Waals surface area (Å²) in [5.41, 5.74) is -4.10. The molecule has 0 amide bonds. The molecule has 0 N–H and O–H groups in total. The molecule has 0 bridgehead atoms. The van der Waals surface area contributed by atoms with Crippen LogP contribution in [0.2, 0.25) is 0 Å². The minimum absolute atomic E-state index is 0.104. The van der Waals surface area contributed by atoms with Gasteiger partial charge in [0.15, 0.2) is 11.3 Å². The van der Waals surface area contributed by atoms with Gasteiger partial charge in [0.1, 0.15) is 0 Å². The Kier molecular flexibility index (Phi) is 80.5. The molecule has 1 unspecified atom stereocenters. The molecule has 36 heteroatoms. The summed E-state index contributed by atoms with van der Waals surface area (Å²) < 4.78 is 417. The largest absolute Gasteiger partial charge is 0.402 e. The first-order valence-corrected chi connectivity index (χ1v) is 38.0. The van der Waals surface area contributed by atoms with E-state index in [2.05, 4.69) is 104 Å². The maximum atomic E-state index is 11.8. The van der Waals surface area contributed by atoms with Crippen molar-refractivity contribution in [2.75, 3.05) is 0 Å². The fourth-order valence-electron chi connectivity index (χ4n) is 4.62. The molecular formula is C77H144F36. The zero-order chi connectivity index (χ0) is 94.9. The van der Waals surface area contributed by atoms with Crippen LogP contribution in [0.5, 0.6) is 0 Å². The molecule has 704 valence electrons. The molecule has 113 heavy (non-hydrogen) atoms. The molecule has 4 atom stereocenters. The van der Waals surface area contributed by atoms with Gasteiger partial charge in [0, 0.05) is 19.3 Å². The van der Waals surface area contributed by atoms with Gasteiger partial charge in [0.05, 0.1) is 29.1 Å². The molecule has 0 spiro atoms. The van der Waals surface area contributed by atoms with Gasteiger partial charge in [-0.15, -0.1) is 0 Å². The molecule has 0 fully saturated rings. The number of unbranched alkanes of at least 4 members (excludes halogenated alkanes) is 6. The van der Waals surface area contributed by atoms with Crippen molar-refractivity contribution < 1.29 is 158 Å². The lowest BCUT2D eigenvalue weighted by Crippen LogP contribution is -2.44. The van der Waals surface area contributed by atoms with Crippen LogP contribution in [0.1, 0.15) is 355 Å². The maximum Gasteiger partial charge on any atom is 0.402 e. The zero-order valence-electron chi connectivity index (χ0n) is 72.5. The minimum Gasteiger partial charge on any atom is -0.171 e. The fourth-order valence-corrected chi connectivity index (χ4v) is 4.62. The average molecular weight is 1750 g/mol. The van der Waals surface area contributed by atoms with E-state index in [9.17, 15) is 158 Å². The maximum absolute atomic E-state index is 11.8. The first-order valence-electron chi connectivity index (χ1n) is 38.0. The second-order valence-electron chi connectivity index (χ2n) is 31.8. The number of hydrogen-bond acceptors (Lipinski definition) is 0. The molecule has 0 aliphatic carbocycles. The van der Waals surface area contributed by atoms with Gasteiger partial charge in [-0.2, -0.15) is 158 Å². The summed E-state index contributed by atoms with van der Waals surface area (Å²) in [6.07, 6.45) is -45.7. The Labute approximate surface area is 655 Å². The van der Waals surface area contributed by atoms with Crippen LogP contribution in [0.25, 0.3) is 0 Å². The van der Waals surface area contributed by atoms with Crippen LogP contribution in [0.4, 0.5) is 158 Å². The third-order valence-corrected chi connectivity index (χ3v) is 16.3. The average Bonchev–Trinajstić information content (AvgIpc) is 0.793. The second-order valence-corrected chi connectivity index (χ2v) is 31.8. The highest BCUT2D eigenvalue weighted by Gasteiger charge is 2.64. The van der Waals surface area contributed by atoms with E-state index < -0.39 is 147 Å². The summed E-state index contributed by atoms with van der Waals surface area (Å²) >= 11 is 0. The molecule has 0 nitrogen and oxygen atoms in total. The quantitative estimate of drug-likeness (QED) is 0.0842. The summed E-state index contributed by atoms with van der Waals surface area (Å²) in [4.78, 5) is 0. The predicted octanol–water partition coefficient (Wildman–Crippen LogP) is 38.0. The molecule has 0 aliphatic heterocycles. The third-order valence-electron chi connectivity index (χ3n) is 16.3. The van der Waals surface area contributed by atoms with Crippen LogP contribution in [-0.2, 0) is 0 Å². The summed E-state index contributed by atoms with van der Waals surface area (Å²) in [7, 11) is 0. The van der Waals surface area contributed by atoms with E-state index in [1.165, 1.54) is 60.3 Å². The Bertz CT molecular complexity index is 1930. The van der Waals surface area contributed by atoms with Gasteiger partial charge in [0.25, 0.3) is 0 Å². The molecule has 0 aliphatic rings. The summed E-state index contributed by atoms with van der Waals surface area (Å²) in [5.74, 6) is -5.84. The van der Waals surface area contributed by atoms with Crippen LogP contribution in [0, 0.1) is 69.0 Å². The van der Waals surface area contributed by atoms with Crippen molar-refractivity contribution in [1.29, 1.82) is 0 Å². The lowest BCUT2D eigenvalue weighted by atomic mass is 9.92. The number of halogens is 36. The number of hydrogen-bond donors (Lipinski definition) is 0. The Balaban J connectivity index is -0.0000000877. The topological polar surface area (TPSA) is 0 Å². The second kappa shape index (κ2) is 65.3. The SMILES string of the molecule is CC(C)(C(F)(F)F)C(F)(F)F.CC(C)(C)C(F)(F)F.CC(C)C(C)C.CCC(C)(C)C.CCC(C)(C)C.CCC(C)C(F)(F)F.CCC(C)CC.CCCC(C(F)(F)F)C(F)(F)F.CCCCCC(F)(F)F.CCCCCCC(F)(F)F.CCCC[C@H](C)C(F)(F)F.CCC[C@H](C)C(F)(F)F.C[C@@H](CCC(F)(F)F)C(F)(F)F. The first-order chi connectivity index (χ1) is 49.2. The normalized spacial score (nSPS) is 13.9. The van der Waals surface area contributed by atoms with E-state index in [0.29, 0.717) is 36.5 Å². The predicted molar refractivity (Wildman–Crippen MR) is 387 cm³/mol. The molecule has 0 saturated carbocycles. The van der Waals surface area contributed by atoms with Gasteiger partial charge >= 0.3 is 74.1 Å². The van der Waals surface area contributed by atoms with E-state index >= 15 is 0 Å². The highest BCUT2D eigenvalue weighted by Crippen LogP contribution is 2.49. The Morgan fingerprint density at radius 3 is 0.575 bits per heavy atom.